The topological polar surface area (TPSA) is 82.1 Å². The summed E-state index contributed by atoms with van der Waals surface area (Å²) in [5.41, 5.74) is 2.42. The molecule has 188 valence electrons. The Labute approximate surface area is 211 Å². The standard InChI is InChI=1S/C30H32O6/c1-3-35-29(34-2)36-27-15-24(26(31)11-6-19-4-7-23(8-5-19)28(32)33)9-10-25(27)30-16-20-12-21(17-30)14-22(13-20)18-30/h4-5,7-10,15,20-22,29H,3,12-14,16-18H2,1-2H3,(H,32,33). The van der Waals surface area contributed by atoms with Crippen molar-refractivity contribution in [1.29, 1.82) is 0 Å². The first-order valence-corrected chi connectivity index (χ1v) is 12.7. The van der Waals surface area contributed by atoms with E-state index in [-0.39, 0.29) is 16.8 Å². The molecule has 36 heavy (non-hydrogen) atoms. The van der Waals surface area contributed by atoms with Crippen LogP contribution in [0.4, 0.5) is 0 Å². The van der Waals surface area contributed by atoms with Crippen LogP contribution in [0.5, 0.6) is 5.75 Å². The summed E-state index contributed by atoms with van der Waals surface area (Å²) in [6.07, 6.45) is 7.53. The minimum absolute atomic E-state index is 0.0771. The number of carboxylic acids is 1. The fourth-order valence-electron chi connectivity index (χ4n) is 6.93. The molecule has 6 nitrogen and oxygen atoms in total. The van der Waals surface area contributed by atoms with Crippen molar-refractivity contribution in [3.63, 3.8) is 0 Å². The van der Waals surface area contributed by atoms with Gasteiger partial charge in [0.2, 0.25) is 5.78 Å². The largest absolute Gasteiger partial charge is 0.478 e. The van der Waals surface area contributed by atoms with Gasteiger partial charge in [-0.1, -0.05) is 12.0 Å². The summed E-state index contributed by atoms with van der Waals surface area (Å²) in [5.74, 6) is 7.15. The van der Waals surface area contributed by atoms with Crippen LogP contribution in [0.3, 0.4) is 0 Å². The molecule has 6 rings (SSSR count). The van der Waals surface area contributed by atoms with E-state index in [4.69, 9.17) is 19.3 Å². The number of carbonyl (C=O) groups excluding carboxylic acids is 1. The van der Waals surface area contributed by atoms with Gasteiger partial charge in [-0.3, -0.25) is 4.79 Å². The number of benzene rings is 2. The van der Waals surface area contributed by atoms with Crippen LogP contribution in [-0.4, -0.2) is 37.1 Å². The maximum absolute atomic E-state index is 13.0. The Morgan fingerprint density at radius 3 is 2.17 bits per heavy atom. The Balaban J connectivity index is 1.45. The molecule has 1 unspecified atom stereocenters. The van der Waals surface area contributed by atoms with Crippen molar-refractivity contribution >= 4 is 11.8 Å². The van der Waals surface area contributed by atoms with E-state index in [0.717, 1.165) is 23.3 Å². The van der Waals surface area contributed by atoms with Crippen LogP contribution >= 0.6 is 0 Å². The highest BCUT2D eigenvalue weighted by Gasteiger charge is 2.52. The van der Waals surface area contributed by atoms with E-state index in [9.17, 15) is 9.59 Å². The molecule has 0 aliphatic heterocycles. The third kappa shape index (κ3) is 4.91. The molecule has 0 heterocycles. The van der Waals surface area contributed by atoms with Crippen LogP contribution < -0.4 is 4.74 Å². The molecule has 0 aromatic heterocycles. The number of hydrogen-bond acceptors (Lipinski definition) is 5. The van der Waals surface area contributed by atoms with E-state index >= 15 is 0 Å². The highest BCUT2D eigenvalue weighted by atomic mass is 16.8. The number of aromatic carboxylic acids is 1. The highest BCUT2D eigenvalue weighted by Crippen LogP contribution is 2.62. The van der Waals surface area contributed by atoms with Crippen LogP contribution in [-0.2, 0) is 14.9 Å². The maximum Gasteiger partial charge on any atom is 0.335 e. The lowest BCUT2D eigenvalue weighted by molar-refractivity contribution is -0.231. The minimum Gasteiger partial charge on any atom is -0.478 e. The number of hydrogen-bond donors (Lipinski definition) is 1. The summed E-state index contributed by atoms with van der Waals surface area (Å²) in [6.45, 7) is 1.47. The molecule has 4 bridgehead atoms. The highest BCUT2D eigenvalue weighted by molar-refractivity contribution is 6.09. The Morgan fingerprint density at radius 2 is 1.61 bits per heavy atom. The number of Topliss-reactive ketones (excluding diaryl/α,β-unsaturated/α-hetero) is 1. The van der Waals surface area contributed by atoms with E-state index in [0.29, 0.717) is 23.5 Å². The van der Waals surface area contributed by atoms with Gasteiger partial charge >= 0.3 is 12.4 Å². The molecule has 4 aliphatic carbocycles. The molecule has 4 fully saturated rings. The fraction of sp³-hybridized carbons (Fsp3) is 0.467. The van der Waals surface area contributed by atoms with Crippen LogP contribution in [0.25, 0.3) is 0 Å². The molecular formula is C30H32O6. The summed E-state index contributed by atoms with van der Waals surface area (Å²) in [4.78, 5) is 24.0. The van der Waals surface area contributed by atoms with Crippen molar-refractivity contribution in [3.05, 3.63) is 64.7 Å². The number of carboxylic acid groups (broad SMARTS) is 1. The number of ketones is 1. The van der Waals surface area contributed by atoms with Gasteiger partial charge in [-0.2, -0.15) is 0 Å². The number of carbonyl (C=O) groups is 2. The third-order valence-electron chi connectivity index (χ3n) is 8.02. The fourth-order valence-corrected chi connectivity index (χ4v) is 6.93. The van der Waals surface area contributed by atoms with E-state index in [1.165, 1.54) is 50.7 Å². The summed E-state index contributed by atoms with van der Waals surface area (Å²) in [6, 6.07) is 11.8. The molecule has 4 saturated carbocycles. The molecule has 0 spiro atoms. The first-order valence-electron chi connectivity index (χ1n) is 12.7. The lowest BCUT2D eigenvalue weighted by atomic mass is 9.48. The zero-order valence-corrected chi connectivity index (χ0v) is 20.8. The summed E-state index contributed by atoms with van der Waals surface area (Å²) >= 11 is 0. The second-order valence-corrected chi connectivity index (χ2v) is 10.5. The zero-order chi connectivity index (χ0) is 25.3. The van der Waals surface area contributed by atoms with Gasteiger partial charge in [-0.05, 0) is 111 Å². The second-order valence-electron chi connectivity index (χ2n) is 10.5. The van der Waals surface area contributed by atoms with Gasteiger partial charge in [0.05, 0.1) is 12.2 Å². The van der Waals surface area contributed by atoms with Crippen molar-refractivity contribution in [1.82, 2.24) is 0 Å². The maximum atomic E-state index is 13.0. The molecule has 1 atom stereocenters. The first kappa shape index (κ1) is 24.5. The van der Waals surface area contributed by atoms with Crippen molar-refractivity contribution in [2.75, 3.05) is 13.7 Å². The molecule has 0 amide bonds. The predicted molar refractivity (Wildman–Crippen MR) is 134 cm³/mol. The molecule has 6 heteroatoms. The van der Waals surface area contributed by atoms with Gasteiger partial charge in [0.25, 0.3) is 0 Å². The molecule has 0 saturated heterocycles. The SMILES string of the molecule is CCOC(OC)Oc1cc(C(=O)C#Cc2ccc(C(=O)O)cc2)ccc1C12CC3CC(CC(C3)C1)C2. The molecule has 1 N–H and O–H groups in total. The molecule has 2 aromatic rings. The Kier molecular flexibility index (Phi) is 6.87. The Hall–Kier alpha value is -3.14. The third-order valence-corrected chi connectivity index (χ3v) is 8.02. The monoisotopic (exact) mass is 488 g/mol. The summed E-state index contributed by atoms with van der Waals surface area (Å²) in [5, 5.41) is 9.05. The Morgan fingerprint density at radius 1 is 1.00 bits per heavy atom. The van der Waals surface area contributed by atoms with Gasteiger partial charge in [-0.15, -0.1) is 0 Å². The first-order chi connectivity index (χ1) is 17.4. The van der Waals surface area contributed by atoms with E-state index in [2.05, 4.69) is 17.9 Å². The zero-order valence-electron chi connectivity index (χ0n) is 20.8. The summed E-state index contributed by atoms with van der Waals surface area (Å²) < 4.78 is 17.2. The average Bonchev–Trinajstić information content (AvgIpc) is 2.86. The molecule has 0 radical (unpaired) electrons. The van der Waals surface area contributed by atoms with Crippen LogP contribution in [0.2, 0.25) is 0 Å². The van der Waals surface area contributed by atoms with Crippen LogP contribution in [0.1, 0.15) is 77.3 Å². The smallest absolute Gasteiger partial charge is 0.335 e. The van der Waals surface area contributed by atoms with Gasteiger partial charge < -0.3 is 19.3 Å². The van der Waals surface area contributed by atoms with Gasteiger partial charge in [-0.25, -0.2) is 4.79 Å². The van der Waals surface area contributed by atoms with Crippen LogP contribution in [0, 0.1) is 29.6 Å². The Bertz CT molecular complexity index is 1170. The average molecular weight is 489 g/mol. The molecule has 2 aromatic carbocycles. The van der Waals surface area contributed by atoms with Crippen molar-refractivity contribution in [2.24, 2.45) is 17.8 Å². The van der Waals surface area contributed by atoms with E-state index in [1.54, 1.807) is 25.3 Å². The lowest BCUT2D eigenvalue weighted by Gasteiger charge is -2.57. The number of rotatable bonds is 8. The van der Waals surface area contributed by atoms with E-state index in [1.807, 2.05) is 13.0 Å². The van der Waals surface area contributed by atoms with Gasteiger partial charge in [0, 0.05) is 23.8 Å². The van der Waals surface area contributed by atoms with Gasteiger partial charge in [0.1, 0.15) is 5.75 Å². The van der Waals surface area contributed by atoms with E-state index < -0.39 is 12.4 Å². The van der Waals surface area contributed by atoms with Gasteiger partial charge in [0.15, 0.2) is 0 Å². The lowest BCUT2D eigenvalue weighted by Crippen LogP contribution is -2.48. The van der Waals surface area contributed by atoms with Crippen molar-refractivity contribution in [3.8, 4) is 17.6 Å². The predicted octanol–water partition coefficient (Wildman–Crippen LogP) is 5.43. The molecular weight excluding hydrogens is 456 g/mol. The molecule has 4 aliphatic rings. The second kappa shape index (κ2) is 10.1. The number of ether oxygens (including phenoxy) is 3. The number of methoxy groups -OCH3 is 1. The quantitative estimate of drug-likeness (QED) is 0.303. The minimum atomic E-state index is -1.00. The summed E-state index contributed by atoms with van der Waals surface area (Å²) in [7, 11) is 1.54. The van der Waals surface area contributed by atoms with Crippen molar-refractivity contribution in [2.45, 2.75) is 57.3 Å². The van der Waals surface area contributed by atoms with Crippen molar-refractivity contribution < 1.29 is 28.9 Å². The normalized spacial score (nSPS) is 26.7. The van der Waals surface area contributed by atoms with Crippen LogP contribution in [0.15, 0.2) is 42.5 Å².